The summed E-state index contributed by atoms with van der Waals surface area (Å²) in [6.45, 7) is 3.02. The first kappa shape index (κ1) is 10.2. The molecule has 0 bridgehead atoms. The van der Waals surface area contributed by atoms with E-state index in [0.29, 0.717) is 5.75 Å². The maximum absolute atomic E-state index is 10.8. The molecule has 0 aliphatic rings. The van der Waals surface area contributed by atoms with E-state index in [1.807, 2.05) is 19.1 Å². The molecule has 14 heavy (non-hydrogen) atoms. The average molecular weight is 193 g/mol. The molecule has 4 heteroatoms. The minimum atomic E-state index is -0.756. The number of para-hydroxylation sites is 1. The molecular weight excluding hydrogens is 182 g/mol. The van der Waals surface area contributed by atoms with Gasteiger partial charge in [0.25, 0.3) is 0 Å². The molecule has 0 aliphatic carbocycles. The first-order valence-corrected chi connectivity index (χ1v) is 4.14. The van der Waals surface area contributed by atoms with E-state index in [-0.39, 0.29) is 0 Å². The first-order chi connectivity index (χ1) is 6.61. The molecule has 0 spiro atoms. The van der Waals surface area contributed by atoms with Crippen LogP contribution < -0.4 is 10.3 Å². The van der Waals surface area contributed by atoms with Crippen LogP contribution in [0.3, 0.4) is 0 Å². The minimum Gasteiger partial charge on any atom is -0.379 e. The van der Waals surface area contributed by atoms with Gasteiger partial charge in [0.15, 0.2) is 5.75 Å². The van der Waals surface area contributed by atoms with E-state index in [4.69, 9.17) is 4.84 Å². The van der Waals surface area contributed by atoms with Gasteiger partial charge in [-0.3, -0.25) is 9.59 Å². The van der Waals surface area contributed by atoms with Crippen LogP contribution in [0.15, 0.2) is 24.3 Å². The lowest BCUT2D eigenvalue weighted by atomic mass is 10.2. The Morgan fingerprint density at radius 3 is 2.50 bits per heavy atom. The average Bonchev–Trinajstić information content (AvgIpc) is 2.16. The summed E-state index contributed by atoms with van der Waals surface area (Å²) >= 11 is 0. The molecule has 1 aromatic rings. The Hall–Kier alpha value is -1.84. The van der Waals surface area contributed by atoms with Gasteiger partial charge in [-0.1, -0.05) is 18.2 Å². The molecule has 1 rings (SSSR count). The number of hydroxylamine groups is 1. The smallest absolute Gasteiger partial charge is 0.319 e. The molecule has 0 saturated heterocycles. The molecule has 0 aliphatic heterocycles. The largest absolute Gasteiger partial charge is 0.379 e. The number of nitrogens with one attached hydrogen (secondary N) is 1. The number of amides is 1. The van der Waals surface area contributed by atoms with Gasteiger partial charge < -0.3 is 4.84 Å². The third-order valence-corrected chi connectivity index (χ3v) is 1.67. The van der Waals surface area contributed by atoms with Crippen LogP contribution in [-0.4, -0.2) is 11.7 Å². The van der Waals surface area contributed by atoms with Crippen molar-refractivity contribution in [3.8, 4) is 5.75 Å². The van der Waals surface area contributed by atoms with Gasteiger partial charge >= 0.3 is 5.91 Å². The summed E-state index contributed by atoms with van der Waals surface area (Å²) in [6, 6.07) is 7.18. The van der Waals surface area contributed by atoms with Gasteiger partial charge in [0.2, 0.25) is 5.78 Å². The lowest BCUT2D eigenvalue weighted by Gasteiger charge is -2.06. The van der Waals surface area contributed by atoms with Crippen molar-refractivity contribution in [1.29, 1.82) is 0 Å². The van der Waals surface area contributed by atoms with E-state index in [9.17, 15) is 9.59 Å². The van der Waals surface area contributed by atoms with E-state index in [0.717, 1.165) is 5.56 Å². The van der Waals surface area contributed by atoms with Crippen LogP contribution in [0.1, 0.15) is 12.5 Å². The highest BCUT2D eigenvalue weighted by atomic mass is 16.7. The number of rotatable bonds is 3. The Bertz CT molecular complexity index is 360. The fourth-order valence-electron chi connectivity index (χ4n) is 0.844. The van der Waals surface area contributed by atoms with Crippen LogP contribution in [0.25, 0.3) is 0 Å². The van der Waals surface area contributed by atoms with E-state index >= 15 is 0 Å². The number of hydrogen-bond donors (Lipinski definition) is 1. The zero-order valence-corrected chi connectivity index (χ0v) is 8.03. The van der Waals surface area contributed by atoms with Gasteiger partial charge in [0.05, 0.1) is 0 Å². The molecule has 4 nitrogen and oxygen atoms in total. The maximum atomic E-state index is 10.8. The number of Topliss-reactive ketones (excluding diaryl/α,β-unsaturated/α-hetero) is 1. The number of benzene rings is 1. The third-order valence-electron chi connectivity index (χ3n) is 1.67. The number of carbonyl (C=O) groups excluding carboxylic acids is 2. The summed E-state index contributed by atoms with van der Waals surface area (Å²) in [5.74, 6) is -0.811. The summed E-state index contributed by atoms with van der Waals surface area (Å²) in [7, 11) is 0. The molecule has 0 radical (unpaired) electrons. The Morgan fingerprint density at radius 2 is 1.93 bits per heavy atom. The summed E-state index contributed by atoms with van der Waals surface area (Å²) in [6.07, 6.45) is 0. The summed E-state index contributed by atoms with van der Waals surface area (Å²) < 4.78 is 0. The van der Waals surface area contributed by atoms with Crippen LogP contribution in [-0.2, 0) is 9.59 Å². The highest BCUT2D eigenvalue weighted by Crippen LogP contribution is 2.14. The Labute approximate surface area is 81.8 Å². The second-order valence-electron chi connectivity index (χ2n) is 2.85. The second kappa shape index (κ2) is 4.41. The van der Waals surface area contributed by atoms with Crippen LogP contribution in [0.5, 0.6) is 5.75 Å². The number of hydrogen-bond acceptors (Lipinski definition) is 3. The van der Waals surface area contributed by atoms with Gasteiger partial charge in [-0.05, 0) is 18.6 Å². The van der Waals surface area contributed by atoms with Gasteiger partial charge in [-0.2, -0.15) is 5.48 Å². The molecule has 0 atom stereocenters. The highest BCUT2D eigenvalue weighted by molar-refractivity contribution is 6.34. The number of ketones is 1. The molecule has 1 amide bonds. The van der Waals surface area contributed by atoms with Crippen LogP contribution in [0.2, 0.25) is 0 Å². The van der Waals surface area contributed by atoms with Gasteiger partial charge in [-0.15, -0.1) is 0 Å². The van der Waals surface area contributed by atoms with Crippen molar-refractivity contribution in [2.45, 2.75) is 13.8 Å². The Balaban J connectivity index is 2.58. The zero-order chi connectivity index (χ0) is 10.6. The third kappa shape index (κ3) is 2.58. The van der Waals surface area contributed by atoms with Crippen molar-refractivity contribution < 1.29 is 14.4 Å². The normalized spacial score (nSPS) is 9.29. The molecule has 0 unspecified atom stereocenters. The second-order valence-corrected chi connectivity index (χ2v) is 2.85. The molecule has 74 valence electrons. The van der Waals surface area contributed by atoms with Crippen molar-refractivity contribution in [2.75, 3.05) is 0 Å². The van der Waals surface area contributed by atoms with Crippen molar-refractivity contribution in [2.24, 2.45) is 0 Å². The SMILES string of the molecule is CC(=O)C(=O)NOc1ccccc1C. The van der Waals surface area contributed by atoms with E-state index in [2.05, 4.69) is 5.48 Å². The maximum Gasteiger partial charge on any atom is 0.319 e. The van der Waals surface area contributed by atoms with Crippen molar-refractivity contribution in [3.05, 3.63) is 29.8 Å². The lowest BCUT2D eigenvalue weighted by molar-refractivity contribution is -0.140. The van der Waals surface area contributed by atoms with Gasteiger partial charge in [-0.25, -0.2) is 0 Å². The van der Waals surface area contributed by atoms with Gasteiger partial charge in [0.1, 0.15) is 0 Å². The van der Waals surface area contributed by atoms with E-state index in [1.165, 1.54) is 6.92 Å². The molecule has 0 saturated carbocycles. The zero-order valence-electron chi connectivity index (χ0n) is 8.03. The summed E-state index contributed by atoms with van der Waals surface area (Å²) in [5, 5.41) is 0. The predicted octanol–water partition coefficient (Wildman–Crippen LogP) is 0.994. The topological polar surface area (TPSA) is 55.4 Å². The minimum absolute atomic E-state index is 0.530. The number of carbonyl (C=O) groups is 2. The Morgan fingerprint density at radius 1 is 1.29 bits per heavy atom. The lowest BCUT2D eigenvalue weighted by Crippen LogP contribution is -2.32. The fourth-order valence-corrected chi connectivity index (χ4v) is 0.844. The molecule has 1 N–H and O–H groups in total. The Kier molecular flexibility index (Phi) is 3.23. The first-order valence-electron chi connectivity index (χ1n) is 4.14. The standard InChI is InChI=1S/C10H11NO3/c1-7-5-3-4-6-9(7)14-11-10(13)8(2)12/h3-6H,1-2H3,(H,11,13). The highest BCUT2D eigenvalue weighted by Gasteiger charge is 2.07. The fraction of sp³-hybridized carbons (Fsp3) is 0.200. The predicted molar refractivity (Wildman–Crippen MR) is 50.6 cm³/mol. The number of aryl methyl sites for hydroxylation is 1. The molecule has 0 aromatic heterocycles. The molecule has 0 fully saturated rings. The van der Waals surface area contributed by atoms with Crippen LogP contribution in [0, 0.1) is 6.92 Å². The van der Waals surface area contributed by atoms with Gasteiger partial charge in [0, 0.05) is 6.92 Å². The van der Waals surface area contributed by atoms with Crippen molar-refractivity contribution in [3.63, 3.8) is 0 Å². The van der Waals surface area contributed by atoms with Crippen LogP contribution in [0.4, 0.5) is 0 Å². The van der Waals surface area contributed by atoms with Crippen molar-refractivity contribution in [1.82, 2.24) is 5.48 Å². The monoisotopic (exact) mass is 193 g/mol. The quantitative estimate of drug-likeness (QED) is 0.575. The van der Waals surface area contributed by atoms with E-state index in [1.54, 1.807) is 12.1 Å². The summed E-state index contributed by atoms with van der Waals surface area (Å²) in [5.41, 5.74) is 2.94. The summed E-state index contributed by atoms with van der Waals surface area (Å²) in [4.78, 5) is 26.3. The van der Waals surface area contributed by atoms with E-state index < -0.39 is 11.7 Å². The molecule has 1 aromatic carbocycles. The molecule has 0 heterocycles. The van der Waals surface area contributed by atoms with Crippen molar-refractivity contribution >= 4 is 11.7 Å². The van der Waals surface area contributed by atoms with Crippen LogP contribution >= 0.6 is 0 Å². The molecular formula is C10H11NO3.